The fraction of sp³-hybridized carbons (Fsp3) is 0.214. The first kappa shape index (κ1) is 26.1. The summed E-state index contributed by atoms with van der Waals surface area (Å²) < 4.78 is 46.3. The third kappa shape index (κ3) is 5.27. The summed E-state index contributed by atoms with van der Waals surface area (Å²) in [6, 6.07) is 16.7. The zero-order valence-corrected chi connectivity index (χ0v) is 21.7. The maximum atomic E-state index is 13.1. The predicted molar refractivity (Wildman–Crippen MR) is 140 cm³/mol. The fourth-order valence-electron chi connectivity index (χ4n) is 4.39. The molecule has 0 amide bonds. The number of halogens is 1. The number of esters is 1. The second kappa shape index (κ2) is 9.82. The van der Waals surface area contributed by atoms with Crippen LogP contribution in [0.4, 0.5) is 15.8 Å². The predicted octanol–water partition coefficient (Wildman–Crippen LogP) is 4.97. The van der Waals surface area contributed by atoms with Gasteiger partial charge in [-0.1, -0.05) is 38.1 Å². The number of carbonyl (C=O) groups is 2. The van der Waals surface area contributed by atoms with E-state index in [4.69, 9.17) is 4.74 Å². The molecular formula is C28H27FN2O5S. The molecule has 0 unspecified atom stereocenters. The number of hydrogen-bond acceptors (Lipinski definition) is 6. The van der Waals surface area contributed by atoms with Crippen molar-refractivity contribution in [2.75, 3.05) is 23.3 Å². The number of hydrogen-bond donors (Lipinski definition) is 1. The Morgan fingerprint density at radius 2 is 1.73 bits per heavy atom. The highest BCUT2D eigenvalue weighted by Crippen LogP contribution is 2.46. The molecule has 0 saturated heterocycles. The Balaban J connectivity index is 1.48. The van der Waals surface area contributed by atoms with Crippen molar-refractivity contribution in [2.24, 2.45) is 0 Å². The van der Waals surface area contributed by atoms with Gasteiger partial charge in [0, 0.05) is 35.6 Å². The van der Waals surface area contributed by atoms with Crippen LogP contribution in [0, 0.1) is 12.7 Å². The number of benzene rings is 3. The molecule has 1 aliphatic heterocycles. The summed E-state index contributed by atoms with van der Waals surface area (Å²) in [5.74, 6) is -1.71. The van der Waals surface area contributed by atoms with Gasteiger partial charge >= 0.3 is 5.97 Å². The van der Waals surface area contributed by atoms with Gasteiger partial charge in [0.1, 0.15) is 5.82 Å². The molecule has 3 aromatic rings. The van der Waals surface area contributed by atoms with Crippen LogP contribution >= 0.6 is 0 Å². The third-order valence-electron chi connectivity index (χ3n) is 6.42. The molecule has 1 heterocycles. The summed E-state index contributed by atoms with van der Waals surface area (Å²) in [5.41, 5.74) is 3.17. The number of nitrogens with one attached hydrogen (secondary N) is 1. The number of para-hydroxylation sites is 1. The van der Waals surface area contributed by atoms with Gasteiger partial charge in [-0.2, -0.15) is 0 Å². The quantitative estimate of drug-likeness (QED) is 0.348. The lowest BCUT2D eigenvalue weighted by Crippen LogP contribution is -2.25. The summed E-state index contributed by atoms with van der Waals surface area (Å²) in [6.45, 7) is 5.19. The highest BCUT2D eigenvalue weighted by molar-refractivity contribution is 7.92. The van der Waals surface area contributed by atoms with Gasteiger partial charge in [-0.05, 0) is 60.5 Å². The molecule has 192 valence electrons. The maximum Gasteiger partial charge on any atom is 0.338 e. The summed E-state index contributed by atoms with van der Waals surface area (Å²) >= 11 is 0. The minimum atomic E-state index is -4.05. The van der Waals surface area contributed by atoms with Crippen molar-refractivity contribution in [3.63, 3.8) is 0 Å². The Morgan fingerprint density at radius 1 is 1.05 bits per heavy atom. The Hall–Kier alpha value is -3.98. The van der Waals surface area contributed by atoms with Crippen LogP contribution in [0.2, 0.25) is 0 Å². The number of ketones is 1. The van der Waals surface area contributed by atoms with E-state index in [0.29, 0.717) is 5.56 Å². The van der Waals surface area contributed by atoms with Gasteiger partial charge in [0.25, 0.3) is 10.0 Å². The molecule has 0 bridgehead atoms. The van der Waals surface area contributed by atoms with Crippen molar-refractivity contribution < 1.29 is 27.1 Å². The van der Waals surface area contributed by atoms with Crippen molar-refractivity contribution in [2.45, 2.75) is 31.1 Å². The van der Waals surface area contributed by atoms with Crippen LogP contribution in [0.25, 0.3) is 0 Å². The molecule has 0 saturated carbocycles. The van der Waals surface area contributed by atoms with Crippen LogP contribution in [0.1, 0.15) is 35.3 Å². The molecule has 0 aliphatic carbocycles. The molecular weight excluding hydrogens is 495 g/mol. The molecule has 7 nitrogen and oxygen atoms in total. The van der Waals surface area contributed by atoms with Gasteiger partial charge in [0.05, 0.1) is 10.5 Å². The van der Waals surface area contributed by atoms with E-state index in [1.165, 1.54) is 36.4 Å². The minimum absolute atomic E-state index is 0.0214. The van der Waals surface area contributed by atoms with Crippen LogP contribution in [-0.4, -0.2) is 33.8 Å². The molecule has 0 aromatic heterocycles. The number of carbonyl (C=O) groups excluding carboxylic acids is 2. The molecule has 0 spiro atoms. The van der Waals surface area contributed by atoms with Gasteiger partial charge in [0.15, 0.2) is 12.4 Å². The first-order valence-electron chi connectivity index (χ1n) is 11.5. The van der Waals surface area contributed by atoms with Gasteiger partial charge < -0.3 is 9.64 Å². The zero-order valence-electron chi connectivity index (χ0n) is 20.9. The van der Waals surface area contributed by atoms with Crippen LogP contribution < -0.4 is 9.62 Å². The van der Waals surface area contributed by atoms with E-state index in [9.17, 15) is 22.4 Å². The highest BCUT2D eigenvalue weighted by atomic mass is 32.2. The third-order valence-corrected chi connectivity index (χ3v) is 7.80. The van der Waals surface area contributed by atoms with Crippen LogP contribution in [0.5, 0.6) is 0 Å². The number of allylic oxidation sites excluding steroid dienone is 1. The fourth-order valence-corrected chi connectivity index (χ4v) is 5.47. The largest absolute Gasteiger partial charge is 0.454 e. The lowest BCUT2D eigenvalue weighted by molar-refractivity contribution is -0.117. The molecule has 1 N–H and O–H groups in total. The Labute approximate surface area is 215 Å². The summed E-state index contributed by atoms with van der Waals surface area (Å²) in [5, 5.41) is 0. The van der Waals surface area contributed by atoms with Crippen molar-refractivity contribution >= 4 is 33.2 Å². The number of nitrogens with zero attached hydrogens (tertiary/aromatic N) is 1. The lowest BCUT2D eigenvalue weighted by atomic mass is 9.83. The number of sulfonamides is 1. The summed E-state index contributed by atoms with van der Waals surface area (Å²) in [6.07, 6.45) is 1.48. The van der Waals surface area contributed by atoms with Gasteiger partial charge in [-0.15, -0.1) is 0 Å². The Bertz CT molecular complexity index is 1510. The van der Waals surface area contributed by atoms with Crippen LogP contribution in [0.3, 0.4) is 0 Å². The van der Waals surface area contributed by atoms with Crippen LogP contribution in [0.15, 0.2) is 83.4 Å². The second-order valence-corrected chi connectivity index (χ2v) is 11.0. The lowest BCUT2D eigenvalue weighted by Gasteiger charge is -2.23. The van der Waals surface area contributed by atoms with Gasteiger partial charge in [0.2, 0.25) is 0 Å². The minimum Gasteiger partial charge on any atom is -0.454 e. The Morgan fingerprint density at radius 3 is 2.41 bits per heavy atom. The average molecular weight is 523 g/mol. The summed E-state index contributed by atoms with van der Waals surface area (Å²) in [4.78, 5) is 27.3. The van der Waals surface area contributed by atoms with E-state index >= 15 is 0 Å². The van der Waals surface area contributed by atoms with E-state index < -0.39 is 39.6 Å². The van der Waals surface area contributed by atoms with E-state index in [1.54, 1.807) is 6.92 Å². The monoisotopic (exact) mass is 522 g/mol. The molecule has 4 rings (SSSR count). The zero-order chi connectivity index (χ0) is 27.0. The second-order valence-electron chi connectivity index (χ2n) is 9.36. The van der Waals surface area contributed by atoms with Crippen molar-refractivity contribution in [3.8, 4) is 0 Å². The Kier molecular flexibility index (Phi) is 6.92. The smallest absolute Gasteiger partial charge is 0.338 e. The number of rotatable bonds is 7. The molecule has 1 aliphatic rings. The van der Waals surface area contributed by atoms with Crippen molar-refractivity contribution in [1.82, 2.24) is 0 Å². The highest BCUT2D eigenvalue weighted by Gasteiger charge is 2.38. The number of fused-ring (bicyclic) bond motifs is 1. The van der Waals surface area contributed by atoms with Crippen molar-refractivity contribution in [1.29, 1.82) is 0 Å². The summed E-state index contributed by atoms with van der Waals surface area (Å²) in [7, 11) is -2.17. The first-order chi connectivity index (χ1) is 17.4. The molecule has 3 aromatic carbocycles. The SMILES string of the molecule is Cc1ccc(S(=O)(=O)Nc2ccc(F)cc2)cc1C(=O)OCC(=O)C=C1N(C)c2ccccc2C1(C)C. The van der Waals surface area contributed by atoms with E-state index in [0.717, 1.165) is 29.1 Å². The van der Waals surface area contributed by atoms with E-state index in [2.05, 4.69) is 4.72 Å². The van der Waals surface area contributed by atoms with Gasteiger partial charge in [-0.25, -0.2) is 17.6 Å². The van der Waals surface area contributed by atoms with E-state index in [-0.39, 0.29) is 16.1 Å². The van der Waals surface area contributed by atoms with E-state index in [1.807, 2.05) is 50.1 Å². The van der Waals surface area contributed by atoms with Crippen molar-refractivity contribution in [3.05, 3.63) is 101 Å². The van der Waals surface area contributed by atoms with Gasteiger partial charge in [-0.3, -0.25) is 9.52 Å². The standard InChI is InChI=1S/C28H27FN2O5S/c1-18-9-14-22(37(34,35)30-20-12-10-19(29)11-13-20)16-23(18)27(33)36-17-21(32)15-26-28(2,3)24-7-5-6-8-25(24)31(26)4/h5-16,30H,17H2,1-4H3. The first-order valence-corrected chi connectivity index (χ1v) is 13.0. The van der Waals surface area contributed by atoms with Crippen LogP contribution in [-0.2, 0) is 25.0 Å². The molecule has 9 heteroatoms. The molecule has 0 radical (unpaired) electrons. The average Bonchev–Trinajstić information content (AvgIpc) is 3.04. The molecule has 0 atom stereocenters. The molecule has 0 fully saturated rings. The number of anilines is 2. The number of likely N-dealkylation sites (N-methyl/N-ethyl adjacent to an activating group) is 1. The topological polar surface area (TPSA) is 92.8 Å². The normalized spacial score (nSPS) is 15.4. The number of ether oxygens (including phenoxy) is 1. The molecule has 37 heavy (non-hydrogen) atoms. The maximum absolute atomic E-state index is 13.1. The number of aryl methyl sites for hydroxylation is 1.